The second-order valence-corrected chi connectivity index (χ2v) is 6.92. The van der Waals surface area contributed by atoms with E-state index < -0.39 is 6.10 Å². The second kappa shape index (κ2) is 14.0. The molecule has 3 N–H and O–H groups in total. The summed E-state index contributed by atoms with van der Waals surface area (Å²) in [5.74, 6) is 3.66. The Balaban J connectivity index is 3.50. The topological polar surface area (TPSA) is 90.1 Å². The SMILES string of the molecule is O=NC(CSCCO)CSCC(O)CSCCO. The molecule has 0 bridgehead atoms. The van der Waals surface area contributed by atoms with Crippen LogP contribution in [0.2, 0.25) is 0 Å². The van der Waals surface area contributed by atoms with Crippen LogP contribution in [0, 0.1) is 4.91 Å². The summed E-state index contributed by atoms with van der Waals surface area (Å²) in [6.07, 6.45) is -0.413. The van der Waals surface area contributed by atoms with Gasteiger partial charge < -0.3 is 15.3 Å². The maximum Gasteiger partial charge on any atom is 0.110 e. The third kappa shape index (κ3) is 11.6. The number of hydrogen-bond donors (Lipinski definition) is 3. The Morgan fingerprint density at radius 2 is 1.39 bits per heavy atom. The van der Waals surface area contributed by atoms with E-state index in [4.69, 9.17) is 10.2 Å². The molecule has 0 spiro atoms. The van der Waals surface area contributed by atoms with E-state index in [1.54, 1.807) is 0 Å². The van der Waals surface area contributed by atoms with Crippen molar-refractivity contribution in [2.45, 2.75) is 12.1 Å². The fourth-order valence-corrected chi connectivity index (χ4v) is 3.77. The van der Waals surface area contributed by atoms with Crippen molar-refractivity contribution in [1.82, 2.24) is 0 Å². The predicted molar refractivity (Wildman–Crippen MR) is 81.7 cm³/mol. The van der Waals surface area contributed by atoms with Crippen molar-refractivity contribution in [3.8, 4) is 0 Å². The normalized spacial score (nSPS) is 14.4. The van der Waals surface area contributed by atoms with Gasteiger partial charge in [0.1, 0.15) is 6.04 Å². The molecular formula is C10H21NO4S3. The van der Waals surface area contributed by atoms with Crippen molar-refractivity contribution in [3.63, 3.8) is 0 Å². The number of rotatable bonds is 13. The first-order chi connectivity index (χ1) is 8.74. The molecule has 108 valence electrons. The van der Waals surface area contributed by atoms with Crippen LogP contribution < -0.4 is 0 Å². The molecule has 2 atom stereocenters. The lowest BCUT2D eigenvalue weighted by Gasteiger charge is -2.11. The number of nitrogens with zero attached hydrogens (tertiary/aromatic N) is 1. The second-order valence-electron chi connectivity index (χ2n) is 3.55. The molecule has 8 heteroatoms. The van der Waals surface area contributed by atoms with Crippen LogP contribution in [0.5, 0.6) is 0 Å². The summed E-state index contributed by atoms with van der Waals surface area (Å²) in [5, 5.41) is 29.8. The highest BCUT2D eigenvalue weighted by Gasteiger charge is 2.11. The summed E-state index contributed by atoms with van der Waals surface area (Å²) < 4.78 is 0. The molecule has 18 heavy (non-hydrogen) atoms. The largest absolute Gasteiger partial charge is 0.396 e. The molecule has 0 aliphatic heterocycles. The van der Waals surface area contributed by atoms with Gasteiger partial charge in [-0.3, -0.25) is 0 Å². The minimum Gasteiger partial charge on any atom is -0.396 e. The zero-order chi connectivity index (χ0) is 13.6. The van der Waals surface area contributed by atoms with Crippen molar-refractivity contribution < 1.29 is 15.3 Å². The van der Waals surface area contributed by atoms with Gasteiger partial charge in [0.05, 0.1) is 19.3 Å². The van der Waals surface area contributed by atoms with Gasteiger partial charge in [-0.25, -0.2) is 0 Å². The van der Waals surface area contributed by atoms with Crippen LogP contribution in [-0.4, -0.2) is 75.2 Å². The van der Waals surface area contributed by atoms with E-state index in [2.05, 4.69) is 5.18 Å². The lowest BCUT2D eigenvalue weighted by atomic mass is 10.4. The molecule has 0 aliphatic carbocycles. The molecule has 0 radical (unpaired) electrons. The number of aliphatic hydroxyl groups excluding tert-OH is 3. The summed E-state index contributed by atoms with van der Waals surface area (Å²) in [6, 6.07) is -0.260. The van der Waals surface area contributed by atoms with Crippen LogP contribution in [0.25, 0.3) is 0 Å². The molecule has 0 saturated heterocycles. The average Bonchev–Trinajstić information content (AvgIpc) is 2.37. The number of aliphatic hydroxyl groups is 3. The van der Waals surface area contributed by atoms with Gasteiger partial charge in [-0.15, -0.1) is 0 Å². The van der Waals surface area contributed by atoms with E-state index in [-0.39, 0.29) is 19.3 Å². The van der Waals surface area contributed by atoms with Crippen LogP contribution in [-0.2, 0) is 0 Å². The molecule has 0 rings (SSSR count). The van der Waals surface area contributed by atoms with E-state index in [1.807, 2.05) is 0 Å². The molecule has 0 aliphatic rings. The standard InChI is InChI=1S/C10H21NO4S3/c12-1-3-16-5-9(11-15)6-18-8-10(14)7-17-4-2-13/h9-10,12-14H,1-8H2. The van der Waals surface area contributed by atoms with Gasteiger partial charge in [0.15, 0.2) is 0 Å². The van der Waals surface area contributed by atoms with Gasteiger partial charge in [-0.2, -0.15) is 40.2 Å². The number of thioether (sulfide) groups is 3. The van der Waals surface area contributed by atoms with E-state index in [0.717, 1.165) is 0 Å². The first kappa shape index (κ1) is 18.5. The van der Waals surface area contributed by atoms with Crippen LogP contribution in [0.4, 0.5) is 0 Å². The predicted octanol–water partition coefficient (Wildman–Crippen LogP) is 0.666. The number of nitroso groups, excluding NO2 is 1. The molecule has 0 aromatic rings. The zero-order valence-electron chi connectivity index (χ0n) is 10.2. The zero-order valence-corrected chi connectivity index (χ0v) is 12.7. The summed E-state index contributed by atoms with van der Waals surface area (Å²) in [4.78, 5) is 10.6. The molecular weight excluding hydrogens is 294 g/mol. The molecule has 0 fully saturated rings. The fraction of sp³-hybridized carbons (Fsp3) is 1.00. The van der Waals surface area contributed by atoms with E-state index >= 15 is 0 Å². The highest BCUT2D eigenvalue weighted by molar-refractivity contribution is 8.00. The quantitative estimate of drug-likeness (QED) is 0.340. The minimum absolute atomic E-state index is 0.115. The van der Waals surface area contributed by atoms with Crippen molar-refractivity contribution in [2.24, 2.45) is 5.18 Å². The van der Waals surface area contributed by atoms with E-state index in [0.29, 0.717) is 34.5 Å². The lowest BCUT2D eigenvalue weighted by molar-refractivity contribution is 0.225. The Bertz CT molecular complexity index is 200. The van der Waals surface area contributed by atoms with Crippen LogP contribution in [0.1, 0.15) is 0 Å². The van der Waals surface area contributed by atoms with Gasteiger partial charge in [0.2, 0.25) is 0 Å². The Morgan fingerprint density at radius 3 is 1.94 bits per heavy atom. The van der Waals surface area contributed by atoms with Gasteiger partial charge in [-0.05, 0) is 0 Å². The van der Waals surface area contributed by atoms with Gasteiger partial charge in [0.25, 0.3) is 0 Å². The molecule has 0 amide bonds. The van der Waals surface area contributed by atoms with Crippen LogP contribution in [0.15, 0.2) is 5.18 Å². The molecule has 2 unspecified atom stereocenters. The summed E-state index contributed by atoms with van der Waals surface area (Å²) in [7, 11) is 0. The third-order valence-electron chi connectivity index (χ3n) is 1.86. The molecule has 0 aromatic heterocycles. The van der Waals surface area contributed by atoms with Crippen molar-refractivity contribution in [2.75, 3.05) is 47.7 Å². The molecule has 0 saturated carbocycles. The van der Waals surface area contributed by atoms with Gasteiger partial charge in [0, 0.05) is 34.5 Å². The summed E-state index contributed by atoms with van der Waals surface area (Å²) in [5.41, 5.74) is 0. The summed E-state index contributed by atoms with van der Waals surface area (Å²) >= 11 is 4.54. The average molecular weight is 315 g/mol. The minimum atomic E-state index is -0.413. The Kier molecular flexibility index (Phi) is 14.4. The monoisotopic (exact) mass is 315 g/mol. The van der Waals surface area contributed by atoms with E-state index in [1.165, 1.54) is 35.3 Å². The van der Waals surface area contributed by atoms with Gasteiger partial charge in [-0.1, -0.05) is 5.18 Å². The number of hydrogen-bond acceptors (Lipinski definition) is 8. The lowest BCUT2D eigenvalue weighted by Crippen LogP contribution is -2.17. The van der Waals surface area contributed by atoms with Crippen LogP contribution in [0.3, 0.4) is 0 Å². The smallest absolute Gasteiger partial charge is 0.110 e. The third-order valence-corrected chi connectivity index (χ3v) is 5.29. The van der Waals surface area contributed by atoms with Crippen molar-refractivity contribution >= 4 is 35.3 Å². The molecule has 0 aromatic carbocycles. The fourth-order valence-electron chi connectivity index (χ4n) is 1.07. The van der Waals surface area contributed by atoms with Gasteiger partial charge >= 0.3 is 0 Å². The highest BCUT2D eigenvalue weighted by Crippen LogP contribution is 2.14. The highest BCUT2D eigenvalue weighted by atomic mass is 32.2. The Labute approximate surface area is 120 Å². The Morgan fingerprint density at radius 1 is 0.889 bits per heavy atom. The Hall–Kier alpha value is 0.530. The first-order valence-electron chi connectivity index (χ1n) is 5.70. The first-order valence-corrected chi connectivity index (χ1v) is 9.16. The molecule has 0 heterocycles. The summed E-state index contributed by atoms with van der Waals surface area (Å²) in [6.45, 7) is 0.244. The molecule has 5 nitrogen and oxygen atoms in total. The maximum absolute atomic E-state index is 10.6. The van der Waals surface area contributed by atoms with Crippen molar-refractivity contribution in [1.29, 1.82) is 0 Å². The maximum atomic E-state index is 10.6. The van der Waals surface area contributed by atoms with E-state index in [9.17, 15) is 10.0 Å². The van der Waals surface area contributed by atoms with Crippen molar-refractivity contribution in [3.05, 3.63) is 4.91 Å². The van der Waals surface area contributed by atoms with Crippen LogP contribution >= 0.6 is 35.3 Å².